The second-order valence-corrected chi connectivity index (χ2v) is 8.26. The fraction of sp³-hybridized carbons (Fsp3) is 0.550. The van der Waals surface area contributed by atoms with Gasteiger partial charge in [0, 0.05) is 11.8 Å². The number of carbonyl (C=O) groups excluding carboxylic acids is 1. The first-order valence-electron chi connectivity index (χ1n) is 9.84. The number of benzene rings is 1. The van der Waals surface area contributed by atoms with Crippen molar-refractivity contribution in [3.63, 3.8) is 0 Å². The molecule has 5 rings (SSSR count). The number of fused-ring (bicyclic) bond motifs is 1. The second-order valence-electron chi connectivity index (χ2n) is 8.26. The zero-order chi connectivity index (χ0) is 19.5. The van der Waals surface area contributed by atoms with E-state index in [-0.39, 0.29) is 35.9 Å². The molecule has 1 aromatic heterocycles. The van der Waals surface area contributed by atoms with Crippen LogP contribution in [0.15, 0.2) is 29.1 Å². The molecular weight excluding hydrogens is 366 g/mol. The number of alkyl halides is 1. The molecule has 3 heterocycles. The van der Waals surface area contributed by atoms with Crippen molar-refractivity contribution in [2.45, 2.75) is 56.3 Å². The van der Waals surface area contributed by atoms with Gasteiger partial charge >= 0.3 is 5.69 Å². The Balaban J connectivity index is 1.43. The highest BCUT2D eigenvalue weighted by atomic mass is 19.1. The van der Waals surface area contributed by atoms with Crippen LogP contribution in [0.2, 0.25) is 0 Å². The Bertz CT molecular complexity index is 971. The van der Waals surface area contributed by atoms with E-state index in [9.17, 15) is 18.4 Å². The molecule has 0 radical (unpaired) electrons. The first-order chi connectivity index (χ1) is 13.5. The lowest BCUT2D eigenvalue weighted by molar-refractivity contribution is -0.142. The van der Waals surface area contributed by atoms with Gasteiger partial charge in [-0.2, -0.15) is 5.10 Å². The van der Waals surface area contributed by atoms with Crippen molar-refractivity contribution in [2.24, 2.45) is 0 Å². The third-order valence-electron chi connectivity index (χ3n) is 6.33. The van der Waals surface area contributed by atoms with Crippen LogP contribution in [0, 0.1) is 5.82 Å². The molecule has 148 valence electrons. The molecule has 3 aliphatic rings. The zero-order valence-corrected chi connectivity index (χ0v) is 15.5. The van der Waals surface area contributed by atoms with Gasteiger partial charge in [0.2, 0.25) is 5.91 Å². The van der Waals surface area contributed by atoms with E-state index in [2.05, 4.69) is 5.10 Å². The maximum absolute atomic E-state index is 13.3. The Hall–Kier alpha value is -2.51. The second kappa shape index (κ2) is 6.25. The Morgan fingerprint density at radius 2 is 1.93 bits per heavy atom. The van der Waals surface area contributed by atoms with Gasteiger partial charge in [-0.25, -0.2) is 18.3 Å². The van der Waals surface area contributed by atoms with Gasteiger partial charge in [0.1, 0.15) is 23.9 Å². The summed E-state index contributed by atoms with van der Waals surface area (Å²) in [5.74, 6) is 0.162. The molecule has 28 heavy (non-hydrogen) atoms. The number of rotatable bonds is 4. The lowest BCUT2D eigenvalue weighted by atomic mass is 9.96. The molecule has 2 aliphatic heterocycles. The summed E-state index contributed by atoms with van der Waals surface area (Å²) >= 11 is 0. The summed E-state index contributed by atoms with van der Waals surface area (Å²) in [6.07, 6.45) is 2.89. The predicted molar refractivity (Wildman–Crippen MR) is 97.3 cm³/mol. The summed E-state index contributed by atoms with van der Waals surface area (Å²) in [5, 5.41) is 4.52. The van der Waals surface area contributed by atoms with Gasteiger partial charge in [0.25, 0.3) is 0 Å². The molecule has 6 nitrogen and oxygen atoms in total. The number of amides is 1. The third kappa shape index (κ3) is 2.77. The number of carbonyl (C=O) groups is 1. The summed E-state index contributed by atoms with van der Waals surface area (Å²) in [7, 11) is 0. The topological polar surface area (TPSA) is 60.1 Å². The van der Waals surface area contributed by atoms with Crippen LogP contribution >= 0.6 is 0 Å². The molecule has 0 unspecified atom stereocenters. The fourth-order valence-corrected chi connectivity index (χ4v) is 4.46. The molecule has 2 fully saturated rings. The largest absolute Gasteiger partial charge is 0.346 e. The van der Waals surface area contributed by atoms with E-state index in [0.29, 0.717) is 25.2 Å². The number of aryl methyl sites for hydroxylation is 1. The SMILES string of the molecule is O=C([C@@H]1CCCc2nn(CC3(c4ccc(F)cc4)CC3)c(=O)n21)N1CC(F)C1. The van der Waals surface area contributed by atoms with Crippen LogP contribution < -0.4 is 5.69 Å². The van der Waals surface area contributed by atoms with Crippen molar-refractivity contribution in [1.82, 2.24) is 19.2 Å². The molecule has 2 aromatic rings. The quantitative estimate of drug-likeness (QED) is 0.805. The van der Waals surface area contributed by atoms with E-state index in [1.54, 1.807) is 12.1 Å². The molecular formula is C20H22F2N4O2. The molecule has 1 atom stereocenters. The van der Waals surface area contributed by atoms with E-state index in [1.165, 1.54) is 26.3 Å². The molecule has 0 bridgehead atoms. The third-order valence-corrected chi connectivity index (χ3v) is 6.33. The summed E-state index contributed by atoms with van der Waals surface area (Å²) < 4.78 is 29.4. The average Bonchev–Trinajstić information content (AvgIpc) is 3.38. The fourth-order valence-electron chi connectivity index (χ4n) is 4.46. The Morgan fingerprint density at radius 1 is 1.21 bits per heavy atom. The standard InChI is InChI=1S/C20H22F2N4O2/c21-14-6-4-13(5-7-14)20(8-9-20)12-25-19(28)26-16(2-1-3-17(26)23-25)18(27)24-10-15(22)11-24/h4-7,15-16H,1-3,8-12H2/t16-/m0/s1. The Kier molecular flexibility index (Phi) is 3.93. The predicted octanol–water partition coefficient (Wildman–Crippen LogP) is 1.97. The number of likely N-dealkylation sites (tertiary alicyclic amines) is 1. The van der Waals surface area contributed by atoms with Gasteiger partial charge in [-0.3, -0.25) is 9.36 Å². The highest BCUT2D eigenvalue weighted by Gasteiger charge is 2.46. The highest BCUT2D eigenvalue weighted by molar-refractivity contribution is 5.81. The molecule has 8 heteroatoms. The van der Waals surface area contributed by atoms with Crippen molar-refractivity contribution in [3.8, 4) is 0 Å². The van der Waals surface area contributed by atoms with Crippen molar-refractivity contribution in [1.29, 1.82) is 0 Å². The molecule has 1 aliphatic carbocycles. The Labute approximate surface area is 160 Å². The van der Waals surface area contributed by atoms with Crippen LogP contribution in [0.4, 0.5) is 8.78 Å². The maximum atomic E-state index is 13.3. The van der Waals surface area contributed by atoms with Crippen LogP contribution in [0.5, 0.6) is 0 Å². The van der Waals surface area contributed by atoms with Crippen LogP contribution in [0.25, 0.3) is 0 Å². The van der Waals surface area contributed by atoms with Gasteiger partial charge in [-0.1, -0.05) is 12.1 Å². The van der Waals surface area contributed by atoms with Gasteiger partial charge in [0.15, 0.2) is 0 Å². The van der Waals surface area contributed by atoms with Crippen LogP contribution in [-0.2, 0) is 23.2 Å². The summed E-state index contributed by atoms with van der Waals surface area (Å²) in [4.78, 5) is 27.3. The molecule has 1 saturated heterocycles. The van der Waals surface area contributed by atoms with E-state index < -0.39 is 12.2 Å². The Morgan fingerprint density at radius 3 is 2.57 bits per heavy atom. The van der Waals surface area contributed by atoms with Crippen molar-refractivity contribution in [3.05, 3.63) is 52.0 Å². The van der Waals surface area contributed by atoms with Gasteiger partial charge in [-0.05, 0) is 43.4 Å². The minimum absolute atomic E-state index is 0.112. The lowest BCUT2D eigenvalue weighted by Crippen LogP contribution is -2.54. The molecule has 0 spiro atoms. The molecule has 0 N–H and O–H groups in total. The smallest absolute Gasteiger partial charge is 0.335 e. The van der Waals surface area contributed by atoms with E-state index in [1.807, 2.05) is 0 Å². The van der Waals surface area contributed by atoms with E-state index in [4.69, 9.17) is 0 Å². The summed E-state index contributed by atoms with van der Waals surface area (Å²) in [6.45, 7) is 0.650. The van der Waals surface area contributed by atoms with Crippen LogP contribution in [0.3, 0.4) is 0 Å². The highest BCUT2D eigenvalue weighted by Crippen LogP contribution is 2.49. The summed E-state index contributed by atoms with van der Waals surface area (Å²) in [5.41, 5.74) is 0.535. The van der Waals surface area contributed by atoms with Crippen molar-refractivity contribution in [2.75, 3.05) is 13.1 Å². The minimum atomic E-state index is -0.961. The summed E-state index contributed by atoms with van der Waals surface area (Å²) in [6, 6.07) is 5.84. The van der Waals surface area contributed by atoms with Crippen LogP contribution in [-0.4, -0.2) is 44.4 Å². The molecule has 1 saturated carbocycles. The lowest BCUT2D eigenvalue weighted by Gasteiger charge is -2.37. The molecule has 1 aromatic carbocycles. The monoisotopic (exact) mass is 388 g/mol. The number of halogens is 2. The first kappa shape index (κ1) is 17.6. The van der Waals surface area contributed by atoms with Gasteiger partial charge < -0.3 is 4.90 Å². The minimum Gasteiger partial charge on any atom is -0.335 e. The number of hydrogen-bond donors (Lipinski definition) is 0. The van der Waals surface area contributed by atoms with Crippen molar-refractivity contribution >= 4 is 5.91 Å². The van der Waals surface area contributed by atoms with Gasteiger partial charge in [0.05, 0.1) is 19.6 Å². The van der Waals surface area contributed by atoms with E-state index in [0.717, 1.165) is 24.8 Å². The number of nitrogens with zero attached hydrogens (tertiary/aromatic N) is 4. The number of hydrogen-bond acceptors (Lipinski definition) is 3. The average molecular weight is 388 g/mol. The van der Waals surface area contributed by atoms with E-state index >= 15 is 0 Å². The van der Waals surface area contributed by atoms with Crippen LogP contribution in [0.1, 0.15) is 43.1 Å². The first-order valence-corrected chi connectivity index (χ1v) is 9.84. The zero-order valence-electron chi connectivity index (χ0n) is 15.5. The number of aromatic nitrogens is 3. The van der Waals surface area contributed by atoms with Crippen molar-refractivity contribution < 1.29 is 13.6 Å². The molecule has 1 amide bonds. The maximum Gasteiger partial charge on any atom is 0.346 e. The van der Waals surface area contributed by atoms with Gasteiger partial charge in [-0.15, -0.1) is 0 Å². The normalized spacial score (nSPS) is 23.2.